The highest BCUT2D eigenvalue weighted by atomic mass is 32.2. The van der Waals surface area contributed by atoms with Crippen LogP contribution in [0.15, 0.2) is 0 Å². The van der Waals surface area contributed by atoms with Crippen LogP contribution >= 0.6 is 0 Å². The van der Waals surface area contributed by atoms with E-state index in [1.807, 2.05) is 6.92 Å². The van der Waals surface area contributed by atoms with E-state index in [4.69, 9.17) is 0 Å². The van der Waals surface area contributed by atoms with E-state index >= 15 is 0 Å². The van der Waals surface area contributed by atoms with Gasteiger partial charge in [0.2, 0.25) is 10.0 Å². The van der Waals surface area contributed by atoms with Crippen LogP contribution in [-0.2, 0) is 10.0 Å². The molecule has 0 amide bonds. The van der Waals surface area contributed by atoms with Crippen LogP contribution in [0.1, 0.15) is 32.6 Å². The van der Waals surface area contributed by atoms with Crippen molar-refractivity contribution in [3.63, 3.8) is 0 Å². The lowest BCUT2D eigenvalue weighted by atomic mass is 9.99. The first-order valence-electron chi connectivity index (χ1n) is 5.42. The molecule has 0 spiro atoms. The molecule has 2 fully saturated rings. The first-order chi connectivity index (χ1) is 7.00. The number of hydrogen-bond donors (Lipinski definition) is 0. The zero-order valence-corrected chi connectivity index (χ0v) is 9.76. The molecule has 1 aliphatic carbocycles. The molecule has 1 saturated carbocycles. The Bertz CT molecular complexity index is 390. The molecule has 0 aromatic heterocycles. The third kappa shape index (κ3) is 1.66. The van der Waals surface area contributed by atoms with Crippen molar-refractivity contribution in [2.24, 2.45) is 5.92 Å². The van der Waals surface area contributed by atoms with E-state index in [0.717, 1.165) is 12.8 Å². The van der Waals surface area contributed by atoms with Crippen LogP contribution in [0.3, 0.4) is 0 Å². The van der Waals surface area contributed by atoms with Gasteiger partial charge in [0.15, 0.2) is 0 Å². The second-order valence-electron chi connectivity index (χ2n) is 4.77. The summed E-state index contributed by atoms with van der Waals surface area (Å²) in [4.78, 5) is 0. The molecule has 1 atom stereocenters. The summed E-state index contributed by atoms with van der Waals surface area (Å²) in [6, 6.07) is 2.24. The molecule has 15 heavy (non-hydrogen) atoms. The summed E-state index contributed by atoms with van der Waals surface area (Å²) >= 11 is 0. The Morgan fingerprint density at radius 2 is 2.00 bits per heavy atom. The number of nitriles is 1. The normalized spacial score (nSPS) is 34.0. The van der Waals surface area contributed by atoms with E-state index in [9.17, 15) is 13.7 Å². The molecule has 0 aromatic rings. The largest absolute Gasteiger partial charge is 0.215 e. The molecule has 1 heterocycles. The summed E-state index contributed by atoms with van der Waals surface area (Å²) in [5.41, 5.74) is -0.719. The first-order valence-corrected chi connectivity index (χ1v) is 7.03. The Hall–Kier alpha value is -0.600. The molecule has 2 rings (SSSR count). The average molecular weight is 228 g/mol. The molecule has 0 bridgehead atoms. The monoisotopic (exact) mass is 228 g/mol. The van der Waals surface area contributed by atoms with Gasteiger partial charge in [0.1, 0.15) is 5.54 Å². The topological polar surface area (TPSA) is 61.2 Å². The molecule has 1 saturated heterocycles. The second-order valence-corrected chi connectivity index (χ2v) is 6.70. The number of hydrogen-bond acceptors (Lipinski definition) is 3. The van der Waals surface area contributed by atoms with Crippen molar-refractivity contribution in [1.29, 1.82) is 5.26 Å². The first kappa shape index (κ1) is 10.9. The van der Waals surface area contributed by atoms with Crippen molar-refractivity contribution in [2.75, 3.05) is 12.3 Å². The van der Waals surface area contributed by atoms with E-state index in [0.29, 0.717) is 19.4 Å². The van der Waals surface area contributed by atoms with E-state index in [2.05, 4.69) is 6.07 Å². The third-order valence-corrected chi connectivity index (χ3v) is 5.59. The van der Waals surface area contributed by atoms with Gasteiger partial charge in [-0.25, -0.2) is 8.42 Å². The smallest absolute Gasteiger partial charge is 0.212 e. The summed E-state index contributed by atoms with van der Waals surface area (Å²) in [5, 5.41) is 9.24. The summed E-state index contributed by atoms with van der Waals surface area (Å²) in [7, 11) is -3.18. The lowest BCUT2D eigenvalue weighted by Crippen LogP contribution is -2.46. The zero-order valence-electron chi connectivity index (χ0n) is 8.94. The molecule has 4 nitrogen and oxygen atoms in total. The predicted octanol–water partition coefficient (Wildman–Crippen LogP) is 1.10. The Kier molecular flexibility index (Phi) is 2.52. The maximum Gasteiger partial charge on any atom is 0.215 e. The Labute approximate surface area is 90.9 Å². The van der Waals surface area contributed by atoms with Crippen molar-refractivity contribution >= 4 is 10.0 Å². The molecule has 1 unspecified atom stereocenters. The fourth-order valence-electron chi connectivity index (χ4n) is 2.72. The van der Waals surface area contributed by atoms with Gasteiger partial charge in [-0.1, -0.05) is 19.8 Å². The highest BCUT2D eigenvalue weighted by molar-refractivity contribution is 7.89. The SMILES string of the molecule is CC1CN(C2(C#N)CCCC2)S(=O)(=O)C1. The van der Waals surface area contributed by atoms with Crippen LogP contribution in [0.4, 0.5) is 0 Å². The minimum atomic E-state index is -3.18. The average Bonchev–Trinajstić information content (AvgIpc) is 2.71. The van der Waals surface area contributed by atoms with Crippen LogP contribution in [-0.4, -0.2) is 30.6 Å². The Morgan fingerprint density at radius 1 is 1.40 bits per heavy atom. The molecule has 5 heteroatoms. The lowest BCUT2D eigenvalue weighted by Gasteiger charge is -2.30. The van der Waals surface area contributed by atoms with E-state index in [1.54, 1.807) is 0 Å². The molecular weight excluding hydrogens is 212 g/mol. The summed E-state index contributed by atoms with van der Waals surface area (Å²) < 4.78 is 25.3. The molecule has 0 aromatic carbocycles. The maximum atomic E-state index is 11.9. The minimum absolute atomic E-state index is 0.154. The van der Waals surface area contributed by atoms with Gasteiger partial charge in [0, 0.05) is 6.54 Å². The molecule has 2 aliphatic rings. The van der Waals surface area contributed by atoms with Gasteiger partial charge >= 0.3 is 0 Å². The van der Waals surface area contributed by atoms with Gasteiger partial charge < -0.3 is 0 Å². The maximum absolute atomic E-state index is 11.9. The highest BCUT2D eigenvalue weighted by Gasteiger charge is 2.49. The summed E-state index contributed by atoms with van der Waals surface area (Å²) in [6.45, 7) is 2.45. The number of sulfonamides is 1. The standard InChI is InChI=1S/C10H16N2O2S/c1-9-6-12(15(13,14)7-9)10(8-11)4-2-3-5-10/h9H,2-7H2,1H3. The highest BCUT2D eigenvalue weighted by Crippen LogP contribution is 2.39. The van der Waals surface area contributed by atoms with Crippen molar-refractivity contribution in [3.05, 3.63) is 0 Å². The number of nitrogens with zero attached hydrogens (tertiary/aromatic N) is 2. The Morgan fingerprint density at radius 3 is 2.40 bits per heavy atom. The molecule has 0 radical (unpaired) electrons. The fourth-order valence-corrected chi connectivity index (χ4v) is 4.96. The summed E-state index contributed by atoms with van der Waals surface area (Å²) in [5.74, 6) is 0.358. The van der Waals surface area contributed by atoms with Crippen molar-refractivity contribution in [2.45, 2.75) is 38.1 Å². The minimum Gasteiger partial charge on any atom is -0.212 e. The fraction of sp³-hybridized carbons (Fsp3) is 0.900. The summed E-state index contributed by atoms with van der Waals surface area (Å²) in [6.07, 6.45) is 3.34. The van der Waals surface area contributed by atoms with Crippen LogP contribution in [0, 0.1) is 17.2 Å². The second kappa shape index (κ2) is 3.46. The Balaban J connectivity index is 2.34. The van der Waals surface area contributed by atoms with Crippen molar-refractivity contribution in [3.8, 4) is 6.07 Å². The van der Waals surface area contributed by atoms with Crippen molar-refractivity contribution < 1.29 is 8.42 Å². The third-order valence-electron chi connectivity index (χ3n) is 3.42. The van der Waals surface area contributed by atoms with Crippen molar-refractivity contribution in [1.82, 2.24) is 4.31 Å². The molecule has 1 aliphatic heterocycles. The molecule has 84 valence electrons. The van der Waals surface area contributed by atoms with E-state index in [1.165, 1.54) is 4.31 Å². The van der Waals surface area contributed by atoms with Crippen LogP contribution in [0.25, 0.3) is 0 Å². The van der Waals surface area contributed by atoms with Gasteiger partial charge in [-0.2, -0.15) is 9.57 Å². The van der Waals surface area contributed by atoms with Gasteiger partial charge in [-0.05, 0) is 18.8 Å². The number of rotatable bonds is 1. The van der Waals surface area contributed by atoms with Crippen LogP contribution < -0.4 is 0 Å². The van der Waals surface area contributed by atoms with Crippen LogP contribution in [0.2, 0.25) is 0 Å². The van der Waals surface area contributed by atoms with Gasteiger partial charge in [0.05, 0.1) is 11.8 Å². The van der Waals surface area contributed by atoms with Gasteiger partial charge in [-0.15, -0.1) is 0 Å². The molecule has 0 N–H and O–H groups in total. The zero-order chi connectivity index (χ0) is 11.1. The quantitative estimate of drug-likeness (QED) is 0.675. The van der Waals surface area contributed by atoms with Crippen LogP contribution in [0.5, 0.6) is 0 Å². The van der Waals surface area contributed by atoms with E-state index in [-0.39, 0.29) is 11.7 Å². The molecular formula is C10H16N2O2S. The lowest BCUT2D eigenvalue weighted by molar-refractivity contribution is 0.255. The predicted molar refractivity (Wildman–Crippen MR) is 56.5 cm³/mol. The van der Waals surface area contributed by atoms with Gasteiger partial charge in [0.25, 0.3) is 0 Å². The van der Waals surface area contributed by atoms with E-state index < -0.39 is 15.6 Å². The van der Waals surface area contributed by atoms with Gasteiger partial charge in [-0.3, -0.25) is 0 Å².